The third-order valence-electron chi connectivity index (χ3n) is 1.92. The van der Waals surface area contributed by atoms with E-state index in [1.165, 1.54) is 0 Å². The summed E-state index contributed by atoms with van der Waals surface area (Å²) in [6, 6.07) is 13.2. The quantitative estimate of drug-likeness (QED) is 0.712. The van der Waals surface area contributed by atoms with Gasteiger partial charge in [-0.05, 0) is 30.2 Å². The number of furan rings is 1. The van der Waals surface area contributed by atoms with Crippen molar-refractivity contribution in [1.82, 2.24) is 0 Å². The number of benzene rings is 1. The van der Waals surface area contributed by atoms with Crippen LogP contribution in [0.2, 0.25) is 0 Å². The second kappa shape index (κ2) is 4.50. The first-order valence-electron chi connectivity index (χ1n) is 4.65. The van der Waals surface area contributed by atoms with Crippen LogP contribution in [0.15, 0.2) is 46.9 Å². The Hall–Kier alpha value is -1.98. The molecule has 0 aliphatic heterocycles. The van der Waals surface area contributed by atoms with Crippen LogP contribution in [0.5, 0.6) is 0 Å². The topological polar surface area (TPSA) is 33.4 Å². The molecule has 0 fully saturated rings. The van der Waals surface area contributed by atoms with E-state index in [-0.39, 0.29) is 6.61 Å². The smallest absolute Gasteiger partial charge is 0.177 e. The summed E-state index contributed by atoms with van der Waals surface area (Å²) in [7, 11) is 0. The molecule has 2 aromatic rings. The summed E-state index contributed by atoms with van der Waals surface area (Å²) >= 11 is 0. The lowest BCUT2D eigenvalue weighted by Gasteiger charge is -1.86. The average molecular weight is 198 g/mol. The van der Waals surface area contributed by atoms with Gasteiger partial charge in [-0.15, -0.1) is 0 Å². The molecular formula is C13H10O2. The van der Waals surface area contributed by atoms with Crippen molar-refractivity contribution >= 4 is 0 Å². The summed E-state index contributed by atoms with van der Waals surface area (Å²) in [6.07, 6.45) is 0. The van der Waals surface area contributed by atoms with Crippen LogP contribution < -0.4 is 0 Å². The molecule has 0 saturated heterocycles. The van der Waals surface area contributed by atoms with E-state index in [0.29, 0.717) is 11.5 Å². The molecule has 2 heteroatoms. The van der Waals surface area contributed by atoms with Crippen LogP contribution in [-0.4, -0.2) is 5.11 Å². The lowest BCUT2D eigenvalue weighted by Crippen LogP contribution is -1.74. The summed E-state index contributed by atoms with van der Waals surface area (Å²) < 4.78 is 5.23. The van der Waals surface area contributed by atoms with Crippen molar-refractivity contribution < 1.29 is 9.52 Å². The molecule has 15 heavy (non-hydrogen) atoms. The Morgan fingerprint density at radius 1 is 1.00 bits per heavy atom. The van der Waals surface area contributed by atoms with Crippen LogP contribution in [0.4, 0.5) is 0 Å². The number of hydrogen-bond acceptors (Lipinski definition) is 2. The van der Waals surface area contributed by atoms with E-state index in [0.717, 1.165) is 5.56 Å². The molecule has 0 radical (unpaired) electrons. The molecule has 1 aromatic heterocycles. The minimum atomic E-state index is -0.0903. The van der Waals surface area contributed by atoms with Gasteiger partial charge in [-0.25, -0.2) is 0 Å². The zero-order valence-electron chi connectivity index (χ0n) is 8.10. The highest BCUT2D eigenvalue weighted by Crippen LogP contribution is 2.06. The molecule has 1 aromatic carbocycles. The average Bonchev–Trinajstić information content (AvgIpc) is 2.76. The van der Waals surface area contributed by atoms with E-state index < -0.39 is 0 Å². The van der Waals surface area contributed by atoms with Crippen molar-refractivity contribution in [2.45, 2.75) is 6.61 Å². The largest absolute Gasteiger partial charge is 0.450 e. The van der Waals surface area contributed by atoms with Crippen LogP contribution in [0.25, 0.3) is 0 Å². The number of rotatable bonds is 1. The Labute approximate surface area is 88.2 Å². The van der Waals surface area contributed by atoms with Crippen molar-refractivity contribution in [2.24, 2.45) is 0 Å². The van der Waals surface area contributed by atoms with Gasteiger partial charge in [-0.1, -0.05) is 24.1 Å². The Morgan fingerprint density at radius 2 is 1.80 bits per heavy atom. The maximum absolute atomic E-state index is 8.79. The molecule has 0 amide bonds. The molecule has 0 bridgehead atoms. The van der Waals surface area contributed by atoms with Gasteiger partial charge in [-0.2, -0.15) is 0 Å². The molecule has 0 saturated carbocycles. The Bertz CT molecular complexity index is 486. The molecule has 1 heterocycles. The molecule has 0 aliphatic rings. The van der Waals surface area contributed by atoms with Gasteiger partial charge in [0.1, 0.15) is 12.4 Å². The SMILES string of the molecule is OCc1ccc(C#Cc2ccccc2)o1. The van der Waals surface area contributed by atoms with Gasteiger partial charge >= 0.3 is 0 Å². The Morgan fingerprint density at radius 3 is 2.47 bits per heavy atom. The molecule has 0 spiro atoms. The maximum atomic E-state index is 8.79. The molecule has 2 rings (SSSR count). The summed E-state index contributed by atoms with van der Waals surface area (Å²) in [5, 5.41) is 8.79. The summed E-state index contributed by atoms with van der Waals surface area (Å²) in [4.78, 5) is 0. The fraction of sp³-hybridized carbons (Fsp3) is 0.0769. The van der Waals surface area contributed by atoms with E-state index >= 15 is 0 Å². The number of hydrogen-bond donors (Lipinski definition) is 1. The van der Waals surface area contributed by atoms with E-state index in [1.807, 2.05) is 30.3 Å². The summed E-state index contributed by atoms with van der Waals surface area (Å²) in [5.74, 6) is 6.97. The van der Waals surface area contributed by atoms with Gasteiger partial charge in [0.05, 0.1) is 0 Å². The molecule has 0 atom stereocenters. The third kappa shape index (κ3) is 2.49. The first-order valence-corrected chi connectivity index (χ1v) is 4.65. The molecule has 1 N–H and O–H groups in total. The fourth-order valence-electron chi connectivity index (χ4n) is 1.19. The second-order valence-electron chi connectivity index (χ2n) is 3.04. The van der Waals surface area contributed by atoms with E-state index in [1.54, 1.807) is 12.1 Å². The second-order valence-corrected chi connectivity index (χ2v) is 3.04. The van der Waals surface area contributed by atoms with E-state index in [9.17, 15) is 0 Å². The lowest BCUT2D eigenvalue weighted by atomic mass is 10.2. The lowest BCUT2D eigenvalue weighted by molar-refractivity contribution is 0.246. The highest BCUT2D eigenvalue weighted by Gasteiger charge is 1.96. The third-order valence-corrected chi connectivity index (χ3v) is 1.92. The van der Waals surface area contributed by atoms with E-state index in [4.69, 9.17) is 9.52 Å². The molecular weight excluding hydrogens is 188 g/mol. The summed E-state index contributed by atoms with van der Waals surface area (Å²) in [5.41, 5.74) is 0.944. The van der Waals surface area contributed by atoms with Gasteiger partial charge in [0, 0.05) is 5.56 Å². The van der Waals surface area contributed by atoms with Gasteiger partial charge in [0.2, 0.25) is 0 Å². The maximum Gasteiger partial charge on any atom is 0.177 e. The zero-order valence-corrected chi connectivity index (χ0v) is 8.10. The van der Waals surface area contributed by atoms with Crippen LogP contribution >= 0.6 is 0 Å². The van der Waals surface area contributed by atoms with Crippen molar-refractivity contribution in [3.63, 3.8) is 0 Å². The Kier molecular flexibility index (Phi) is 2.87. The zero-order chi connectivity index (χ0) is 10.5. The monoisotopic (exact) mass is 198 g/mol. The van der Waals surface area contributed by atoms with Gasteiger partial charge in [-0.3, -0.25) is 0 Å². The van der Waals surface area contributed by atoms with Gasteiger partial charge in [0.25, 0.3) is 0 Å². The van der Waals surface area contributed by atoms with Crippen molar-refractivity contribution in [2.75, 3.05) is 0 Å². The normalized spacial score (nSPS) is 9.40. The van der Waals surface area contributed by atoms with Crippen molar-refractivity contribution in [3.05, 3.63) is 59.5 Å². The Balaban J connectivity index is 2.18. The number of aliphatic hydroxyl groups excluding tert-OH is 1. The predicted octanol–water partition coefficient (Wildman–Crippen LogP) is 2.17. The molecule has 2 nitrogen and oxygen atoms in total. The van der Waals surface area contributed by atoms with Crippen molar-refractivity contribution in [3.8, 4) is 11.8 Å². The van der Waals surface area contributed by atoms with Crippen LogP contribution in [0, 0.1) is 11.8 Å². The molecule has 0 unspecified atom stereocenters. The van der Waals surface area contributed by atoms with Crippen LogP contribution in [0.1, 0.15) is 17.1 Å². The predicted molar refractivity (Wildman–Crippen MR) is 57.1 cm³/mol. The fourth-order valence-corrected chi connectivity index (χ4v) is 1.19. The summed E-state index contributed by atoms with van der Waals surface area (Å²) in [6.45, 7) is -0.0903. The van der Waals surface area contributed by atoms with Crippen LogP contribution in [0.3, 0.4) is 0 Å². The molecule has 0 aliphatic carbocycles. The first kappa shape index (κ1) is 9.57. The molecule has 74 valence electrons. The number of aliphatic hydroxyl groups is 1. The first-order chi connectivity index (χ1) is 7.38. The van der Waals surface area contributed by atoms with Gasteiger partial charge < -0.3 is 9.52 Å². The highest BCUT2D eigenvalue weighted by atomic mass is 16.4. The van der Waals surface area contributed by atoms with E-state index in [2.05, 4.69) is 11.8 Å². The highest BCUT2D eigenvalue weighted by molar-refractivity contribution is 5.39. The van der Waals surface area contributed by atoms with Crippen LogP contribution in [-0.2, 0) is 6.61 Å². The minimum absolute atomic E-state index is 0.0903. The van der Waals surface area contributed by atoms with Crippen molar-refractivity contribution in [1.29, 1.82) is 0 Å². The minimum Gasteiger partial charge on any atom is -0.450 e. The standard InChI is InChI=1S/C13H10O2/c14-10-13-9-8-12(15-13)7-6-11-4-2-1-3-5-11/h1-5,8-9,14H,10H2. The van der Waals surface area contributed by atoms with Gasteiger partial charge in [0.15, 0.2) is 5.76 Å².